The van der Waals surface area contributed by atoms with Crippen LogP contribution in [0, 0.1) is 5.92 Å². The topological polar surface area (TPSA) is 102 Å². The van der Waals surface area contributed by atoms with Crippen molar-refractivity contribution in [3.8, 4) is 0 Å². The van der Waals surface area contributed by atoms with Gasteiger partial charge in [-0.2, -0.15) is 0 Å². The van der Waals surface area contributed by atoms with Crippen molar-refractivity contribution >= 4 is 17.8 Å². The maximum Gasteiger partial charge on any atom is 0.328 e. The first-order chi connectivity index (χ1) is 11.5. The van der Waals surface area contributed by atoms with Gasteiger partial charge >= 0.3 is 12.0 Å². The third kappa shape index (κ3) is 2.68. The number of hydrogen-bond acceptors (Lipinski definition) is 5. The van der Waals surface area contributed by atoms with Crippen LogP contribution in [0.4, 0.5) is 4.79 Å². The van der Waals surface area contributed by atoms with Crippen LogP contribution in [0.3, 0.4) is 0 Å². The van der Waals surface area contributed by atoms with Crippen molar-refractivity contribution in [1.29, 1.82) is 0 Å². The first-order valence-electron chi connectivity index (χ1n) is 8.96. The molecule has 0 aromatic carbocycles. The molecule has 0 spiro atoms. The Labute approximate surface area is 142 Å². The predicted octanol–water partition coefficient (Wildman–Crippen LogP) is 0.953. The molecule has 0 aromatic heterocycles. The number of hydrogen-bond donors (Lipinski definition) is 2. The molecule has 3 rings (SSSR count). The van der Waals surface area contributed by atoms with E-state index in [0.717, 1.165) is 32.1 Å². The van der Waals surface area contributed by atoms with E-state index in [1.807, 2.05) is 0 Å². The molecular formula is C17H27N3O4. The van der Waals surface area contributed by atoms with Crippen LogP contribution >= 0.6 is 0 Å². The van der Waals surface area contributed by atoms with Crippen molar-refractivity contribution in [2.75, 3.05) is 13.7 Å². The fraction of sp³-hybridized carbons (Fsp3) is 0.824. The number of ketones is 1. The van der Waals surface area contributed by atoms with Crippen molar-refractivity contribution in [1.82, 2.24) is 10.2 Å². The van der Waals surface area contributed by atoms with Gasteiger partial charge in [-0.05, 0) is 45.1 Å². The Hall–Kier alpha value is -1.63. The smallest absolute Gasteiger partial charge is 0.328 e. The maximum atomic E-state index is 12.9. The second-order valence-corrected chi connectivity index (χ2v) is 7.23. The number of urea groups is 1. The molecule has 7 nitrogen and oxygen atoms in total. The number of carbonyl (C=O) groups is 3. The Bertz CT molecular complexity index is 524. The minimum Gasteiger partial charge on any atom is -0.468 e. The summed E-state index contributed by atoms with van der Waals surface area (Å²) in [5, 5.41) is 3.24. The van der Waals surface area contributed by atoms with Gasteiger partial charge in [0.2, 0.25) is 0 Å². The molecule has 3 fully saturated rings. The number of esters is 1. The molecule has 0 radical (unpaired) electrons. The molecule has 3 N–H and O–H groups in total. The summed E-state index contributed by atoms with van der Waals surface area (Å²) in [6, 6.07) is -1.54. The SMILES string of the molecule is COC(=O)[C@]1(C2CCC(C(=O)C3CCCC3)N2C(N)=O)CCCN1. The van der Waals surface area contributed by atoms with Gasteiger partial charge in [-0.25, -0.2) is 9.59 Å². The van der Waals surface area contributed by atoms with E-state index in [2.05, 4.69) is 5.32 Å². The van der Waals surface area contributed by atoms with Crippen LogP contribution in [0.25, 0.3) is 0 Å². The molecule has 2 saturated heterocycles. The summed E-state index contributed by atoms with van der Waals surface area (Å²) in [4.78, 5) is 39.0. The standard InChI is InChI=1S/C17H27N3O4/c1-24-15(22)17(9-4-10-19-17)13-8-7-12(20(13)16(18)23)14(21)11-5-2-3-6-11/h11-13,19H,2-10H2,1H3,(H2,18,23)/t12?,13?,17-/m1/s1. The Kier molecular flexibility index (Phi) is 4.80. The van der Waals surface area contributed by atoms with E-state index in [1.165, 1.54) is 12.0 Å². The summed E-state index contributed by atoms with van der Waals surface area (Å²) in [5.74, 6) is -0.224. The van der Waals surface area contributed by atoms with Crippen LogP contribution in [0.2, 0.25) is 0 Å². The molecule has 3 aliphatic rings. The number of Topliss-reactive ketones (excluding diaryl/α,β-unsaturated/α-hetero) is 1. The molecule has 134 valence electrons. The zero-order valence-corrected chi connectivity index (χ0v) is 14.3. The highest BCUT2D eigenvalue weighted by Crippen LogP contribution is 2.39. The lowest BCUT2D eigenvalue weighted by molar-refractivity contribution is -0.150. The van der Waals surface area contributed by atoms with Gasteiger partial charge < -0.3 is 20.7 Å². The van der Waals surface area contributed by atoms with Gasteiger partial charge in [0.1, 0.15) is 5.54 Å². The van der Waals surface area contributed by atoms with Gasteiger partial charge in [0.05, 0.1) is 19.2 Å². The first kappa shape index (κ1) is 17.2. The lowest BCUT2D eigenvalue weighted by atomic mass is 9.86. The maximum absolute atomic E-state index is 12.9. The molecule has 2 aliphatic heterocycles. The highest BCUT2D eigenvalue weighted by Gasteiger charge is 2.56. The van der Waals surface area contributed by atoms with E-state index < -0.39 is 23.7 Å². The molecule has 1 saturated carbocycles. The zero-order chi connectivity index (χ0) is 17.3. The number of nitrogens with one attached hydrogen (secondary N) is 1. The molecule has 3 atom stereocenters. The molecule has 2 heterocycles. The van der Waals surface area contributed by atoms with E-state index in [1.54, 1.807) is 0 Å². The van der Waals surface area contributed by atoms with Crippen molar-refractivity contribution < 1.29 is 19.1 Å². The summed E-state index contributed by atoms with van der Waals surface area (Å²) in [6.45, 7) is 0.694. The van der Waals surface area contributed by atoms with Gasteiger partial charge in [-0.3, -0.25) is 4.79 Å². The largest absolute Gasteiger partial charge is 0.468 e. The molecule has 24 heavy (non-hydrogen) atoms. The summed E-state index contributed by atoms with van der Waals surface area (Å²) >= 11 is 0. The fourth-order valence-corrected chi connectivity index (χ4v) is 4.91. The fourth-order valence-electron chi connectivity index (χ4n) is 4.91. The van der Waals surface area contributed by atoms with Crippen LogP contribution in [-0.2, 0) is 14.3 Å². The molecule has 2 amide bonds. The highest BCUT2D eigenvalue weighted by atomic mass is 16.5. The Morgan fingerprint density at radius 1 is 1.12 bits per heavy atom. The van der Waals surface area contributed by atoms with Crippen LogP contribution in [-0.4, -0.2) is 54.0 Å². The van der Waals surface area contributed by atoms with E-state index in [4.69, 9.17) is 10.5 Å². The molecule has 1 aliphatic carbocycles. The Morgan fingerprint density at radius 3 is 2.38 bits per heavy atom. The number of amides is 2. The number of methoxy groups -OCH3 is 1. The van der Waals surface area contributed by atoms with E-state index >= 15 is 0 Å². The van der Waals surface area contributed by atoms with Gasteiger partial charge in [0.15, 0.2) is 5.78 Å². The van der Waals surface area contributed by atoms with Crippen LogP contribution in [0.15, 0.2) is 0 Å². The molecular weight excluding hydrogens is 310 g/mol. The predicted molar refractivity (Wildman–Crippen MR) is 87.2 cm³/mol. The van der Waals surface area contributed by atoms with Crippen molar-refractivity contribution in [2.24, 2.45) is 11.7 Å². The summed E-state index contributed by atoms with van der Waals surface area (Å²) < 4.78 is 5.01. The van der Waals surface area contributed by atoms with Crippen molar-refractivity contribution in [3.05, 3.63) is 0 Å². The Balaban J connectivity index is 1.87. The minimum atomic E-state index is -0.936. The van der Waals surface area contributed by atoms with E-state index in [0.29, 0.717) is 25.8 Å². The number of primary amides is 1. The highest BCUT2D eigenvalue weighted by molar-refractivity contribution is 5.92. The number of nitrogens with zero attached hydrogens (tertiary/aromatic N) is 1. The van der Waals surface area contributed by atoms with Gasteiger partial charge in [0, 0.05) is 5.92 Å². The van der Waals surface area contributed by atoms with Crippen LogP contribution < -0.4 is 11.1 Å². The second-order valence-electron chi connectivity index (χ2n) is 7.23. The molecule has 7 heteroatoms. The zero-order valence-electron chi connectivity index (χ0n) is 14.3. The van der Waals surface area contributed by atoms with Crippen LogP contribution in [0.5, 0.6) is 0 Å². The quantitative estimate of drug-likeness (QED) is 0.744. The third-order valence-corrected chi connectivity index (χ3v) is 6.03. The van der Waals surface area contributed by atoms with E-state index in [9.17, 15) is 14.4 Å². The number of likely N-dealkylation sites (tertiary alicyclic amines) is 1. The average molecular weight is 337 g/mol. The molecule has 0 bridgehead atoms. The third-order valence-electron chi connectivity index (χ3n) is 6.03. The summed E-state index contributed by atoms with van der Waals surface area (Å²) in [5.41, 5.74) is 4.70. The van der Waals surface area contributed by atoms with Crippen LogP contribution in [0.1, 0.15) is 51.4 Å². The number of ether oxygens (including phenoxy) is 1. The van der Waals surface area contributed by atoms with Gasteiger partial charge in [-0.1, -0.05) is 12.8 Å². The molecule has 0 aromatic rings. The normalized spacial score (nSPS) is 33.8. The number of nitrogens with two attached hydrogens (primary N) is 1. The molecule has 2 unspecified atom stereocenters. The summed E-state index contributed by atoms with van der Waals surface area (Å²) in [6.07, 6.45) is 6.52. The van der Waals surface area contributed by atoms with Gasteiger partial charge in [-0.15, -0.1) is 0 Å². The summed E-state index contributed by atoms with van der Waals surface area (Å²) in [7, 11) is 1.36. The monoisotopic (exact) mass is 337 g/mol. The Morgan fingerprint density at radius 2 is 1.83 bits per heavy atom. The van der Waals surface area contributed by atoms with Gasteiger partial charge in [0.25, 0.3) is 0 Å². The van der Waals surface area contributed by atoms with Crippen molar-refractivity contribution in [3.63, 3.8) is 0 Å². The van der Waals surface area contributed by atoms with Crippen molar-refractivity contribution in [2.45, 2.75) is 69.0 Å². The minimum absolute atomic E-state index is 0.0289. The second kappa shape index (κ2) is 6.70. The lowest BCUT2D eigenvalue weighted by Gasteiger charge is -2.39. The lowest BCUT2D eigenvalue weighted by Crippen LogP contribution is -2.64. The number of rotatable bonds is 4. The first-order valence-corrected chi connectivity index (χ1v) is 8.96. The number of carbonyl (C=O) groups excluding carboxylic acids is 3. The average Bonchev–Trinajstić information content (AvgIpc) is 3.32. The van der Waals surface area contributed by atoms with E-state index in [-0.39, 0.29) is 17.7 Å².